The van der Waals surface area contributed by atoms with Gasteiger partial charge in [-0.2, -0.15) is 13.2 Å². The van der Waals surface area contributed by atoms with Crippen LogP contribution < -0.4 is 0 Å². The molecule has 150 valence electrons. The zero-order chi connectivity index (χ0) is 20.5. The summed E-state index contributed by atoms with van der Waals surface area (Å²) < 4.78 is 44.6. The van der Waals surface area contributed by atoms with Crippen molar-refractivity contribution in [2.24, 2.45) is 5.41 Å². The van der Waals surface area contributed by atoms with Gasteiger partial charge in [0.15, 0.2) is 5.69 Å². The molecule has 2 aromatic rings. The summed E-state index contributed by atoms with van der Waals surface area (Å²) in [5.41, 5.74) is -2.03. The van der Waals surface area contributed by atoms with Gasteiger partial charge in [0.2, 0.25) is 0 Å². The van der Waals surface area contributed by atoms with Gasteiger partial charge in [-0.15, -0.1) is 5.10 Å². The Morgan fingerprint density at radius 2 is 2.11 bits per heavy atom. The van der Waals surface area contributed by atoms with Crippen molar-refractivity contribution in [3.8, 4) is 5.69 Å². The molecule has 1 aromatic carbocycles. The van der Waals surface area contributed by atoms with Crippen LogP contribution in [0.1, 0.15) is 22.5 Å². The van der Waals surface area contributed by atoms with E-state index in [-0.39, 0.29) is 37.5 Å². The fraction of sp³-hybridized carbons (Fsp3) is 0.412. The second-order valence-corrected chi connectivity index (χ2v) is 6.59. The number of benzene rings is 1. The van der Waals surface area contributed by atoms with Gasteiger partial charge in [0.25, 0.3) is 5.91 Å². The van der Waals surface area contributed by atoms with E-state index < -0.39 is 29.0 Å². The van der Waals surface area contributed by atoms with Crippen molar-refractivity contribution >= 4 is 11.9 Å². The van der Waals surface area contributed by atoms with Crippen LogP contribution in [-0.2, 0) is 15.7 Å². The molecule has 0 spiro atoms. The molecule has 3 rings (SSSR count). The Morgan fingerprint density at radius 1 is 1.36 bits per heavy atom. The summed E-state index contributed by atoms with van der Waals surface area (Å²) in [4.78, 5) is 25.5. The van der Waals surface area contributed by atoms with Crippen LogP contribution in [0.5, 0.6) is 0 Å². The van der Waals surface area contributed by atoms with E-state index in [1.165, 1.54) is 30.3 Å². The van der Waals surface area contributed by atoms with E-state index in [2.05, 4.69) is 10.3 Å². The quantitative estimate of drug-likeness (QED) is 0.826. The molecule has 0 saturated carbocycles. The summed E-state index contributed by atoms with van der Waals surface area (Å²) in [6.07, 6.45) is -3.06. The van der Waals surface area contributed by atoms with Gasteiger partial charge in [0.05, 0.1) is 24.1 Å². The number of amides is 1. The third-order valence-corrected chi connectivity index (χ3v) is 4.67. The number of aliphatic carboxylic acids is 1. The number of halogens is 3. The maximum absolute atomic E-state index is 12.9. The molecule has 0 bridgehead atoms. The Labute approximate surface area is 157 Å². The van der Waals surface area contributed by atoms with Crippen molar-refractivity contribution < 1.29 is 32.6 Å². The molecule has 11 heteroatoms. The van der Waals surface area contributed by atoms with Gasteiger partial charge in [-0.25, -0.2) is 4.68 Å². The Bertz CT molecular complexity index is 899. The lowest BCUT2D eigenvalue weighted by atomic mass is 9.88. The van der Waals surface area contributed by atoms with Gasteiger partial charge in [-0.3, -0.25) is 9.59 Å². The molecule has 8 nitrogen and oxygen atoms in total. The first-order valence-electron chi connectivity index (χ1n) is 8.28. The first-order chi connectivity index (χ1) is 13.2. The number of hydrogen-bond donors (Lipinski definition) is 1. The summed E-state index contributed by atoms with van der Waals surface area (Å²) in [6, 6.07) is 4.46. The van der Waals surface area contributed by atoms with Crippen molar-refractivity contribution in [2.45, 2.75) is 12.6 Å². The van der Waals surface area contributed by atoms with Crippen LogP contribution in [0, 0.1) is 5.41 Å². The van der Waals surface area contributed by atoms with Crippen LogP contribution in [-0.4, -0.2) is 63.7 Å². The summed E-state index contributed by atoms with van der Waals surface area (Å²) in [7, 11) is 1.38. The molecule has 1 unspecified atom stereocenters. The van der Waals surface area contributed by atoms with Crippen molar-refractivity contribution in [1.82, 2.24) is 19.9 Å². The van der Waals surface area contributed by atoms with Crippen LogP contribution in [0.25, 0.3) is 5.69 Å². The Hall–Kier alpha value is -2.95. The number of methoxy groups -OCH3 is 1. The normalized spacial score (nSPS) is 19.8. The molecule has 1 N–H and O–H groups in total. The van der Waals surface area contributed by atoms with Crippen LogP contribution in [0.2, 0.25) is 0 Å². The molecule has 1 atom stereocenters. The van der Waals surface area contributed by atoms with Crippen molar-refractivity contribution in [3.05, 3.63) is 41.7 Å². The lowest BCUT2D eigenvalue weighted by Crippen LogP contribution is -2.40. The molecule has 1 aliphatic rings. The van der Waals surface area contributed by atoms with Crippen LogP contribution in [0.3, 0.4) is 0 Å². The molecule has 1 aliphatic heterocycles. The van der Waals surface area contributed by atoms with Gasteiger partial charge >= 0.3 is 12.1 Å². The molecule has 28 heavy (non-hydrogen) atoms. The summed E-state index contributed by atoms with van der Waals surface area (Å²) in [5, 5.41) is 16.9. The van der Waals surface area contributed by atoms with E-state index in [0.29, 0.717) is 0 Å². The molecular weight excluding hydrogens is 381 g/mol. The minimum Gasteiger partial charge on any atom is -0.481 e. The fourth-order valence-electron chi connectivity index (χ4n) is 3.15. The number of nitrogens with zero attached hydrogens (tertiary/aromatic N) is 4. The molecule has 1 saturated heterocycles. The highest BCUT2D eigenvalue weighted by molar-refractivity contribution is 5.93. The number of alkyl halides is 3. The van der Waals surface area contributed by atoms with E-state index in [1.54, 1.807) is 0 Å². The summed E-state index contributed by atoms with van der Waals surface area (Å²) >= 11 is 0. The third kappa shape index (κ3) is 3.70. The number of ether oxygens (including phenoxy) is 1. The van der Waals surface area contributed by atoms with E-state index in [1.807, 2.05) is 0 Å². The molecule has 0 radical (unpaired) electrons. The van der Waals surface area contributed by atoms with E-state index in [4.69, 9.17) is 4.74 Å². The molecule has 1 fully saturated rings. The molecule has 1 aromatic heterocycles. The standard InChI is InChI=1S/C17H17F3N4O4/c1-28-10-16(15(26)27)5-6-23(9-16)14(25)13-8-24(22-21-13)12-4-2-3-11(7-12)17(18,19)20/h2-4,7-8H,5-6,9-10H2,1H3,(H,26,27). The largest absolute Gasteiger partial charge is 0.481 e. The minimum absolute atomic E-state index is 0.0387. The number of hydrogen-bond acceptors (Lipinski definition) is 5. The van der Waals surface area contributed by atoms with Gasteiger partial charge in [0, 0.05) is 20.2 Å². The summed E-state index contributed by atoms with van der Waals surface area (Å²) in [6.45, 7) is 0.110. The fourth-order valence-corrected chi connectivity index (χ4v) is 3.15. The molecule has 0 aliphatic carbocycles. The van der Waals surface area contributed by atoms with Crippen LogP contribution in [0.4, 0.5) is 13.2 Å². The number of carbonyl (C=O) groups is 2. The number of likely N-dealkylation sites (tertiary alicyclic amines) is 1. The van der Waals surface area contributed by atoms with Crippen molar-refractivity contribution in [1.29, 1.82) is 0 Å². The number of carbonyl (C=O) groups excluding carboxylic acids is 1. The Balaban J connectivity index is 1.79. The van der Waals surface area contributed by atoms with Gasteiger partial charge in [-0.1, -0.05) is 11.3 Å². The number of carboxylic acid groups (broad SMARTS) is 1. The minimum atomic E-state index is -4.51. The number of carboxylic acids is 1. The zero-order valence-electron chi connectivity index (χ0n) is 14.8. The van der Waals surface area contributed by atoms with Gasteiger partial charge in [-0.05, 0) is 24.6 Å². The second-order valence-electron chi connectivity index (χ2n) is 6.59. The van der Waals surface area contributed by atoms with Crippen molar-refractivity contribution in [2.75, 3.05) is 26.8 Å². The lowest BCUT2D eigenvalue weighted by molar-refractivity contribution is -0.151. The Kier molecular flexibility index (Phi) is 5.11. The maximum atomic E-state index is 12.9. The average molecular weight is 398 g/mol. The number of aromatic nitrogens is 3. The highest BCUT2D eigenvalue weighted by atomic mass is 19.4. The molecular formula is C17H17F3N4O4. The highest BCUT2D eigenvalue weighted by Crippen LogP contribution is 2.32. The smallest absolute Gasteiger partial charge is 0.416 e. The third-order valence-electron chi connectivity index (χ3n) is 4.67. The van der Waals surface area contributed by atoms with Gasteiger partial charge < -0.3 is 14.7 Å². The van der Waals surface area contributed by atoms with Crippen molar-refractivity contribution in [3.63, 3.8) is 0 Å². The first kappa shape index (κ1) is 19.8. The molecule has 2 heterocycles. The van der Waals surface area contributed by atoms with Crippen LogP contribution >= 0.6 is 0 Å². The van der Waals surface area contributed by atoms with E-state index in [0.717, 1.165) is 16.8 Å². The first-order valence-corrected chi connectivity index (χ1v) is 8.28. The maximum Gasteiger partial charge on any atom is 0.416 e. The predicted molar refractivity (Wildman–Crippen MR) is 88.8 cm³/mol. The van der Waals surface area contributed by atoms with E-state index in [9.17, 15) is 27.9 Å². The van der Waals surface area contributed by atoms with Crippen LogP contribution in [0.15, 0.2) is 30.5 Å². The highest BCUT2D eigenvalue weighted by Gasteiger charge is 2.47. The Morgan fingerprint density at radius 3 is 2.75 bits per heavy atom. The van der Waals surface area contributed by atoms with E-state index >= 15 is 0 Å². The predicted octanol–water partition coefficient (Wildman–Crippen LogP) is 1.85. The van der Waals surface area contributed by atoms with Gasteiger partial charge in [0.1, 0.15) is 5.41 Å². The summed E-state index contributed by atoms with van der Waals surface area (Å²) in [5.74, 6) is -1.60. The SMILES string of the molecule is COCC1(C(=O)O)CCN(C(=O)c2cn(-c3cccc(C(F)(F)F)c3)nn2)C1. The monoisotopic (exact) mass is 398 g/mol. The average Bonchev–Trinajstić information content (AvgIpc) is 3.29. The lowest BCUT2D eigenvalue weighted by Gasteiger charge is -2.23. The number of rotatable bonds is 5. The molecule has 1 amide bonds. The zero-order valence-corrected chi connectivity index (χ0v) is 14.8. The topological polar surface area (TPSA) is 97.6 Å². The second kappa shape index (κ2) is 7.23.